The average molecular weight is 310 g/mol. The minimum Gasteiger partial charge on any atom is -0.320 e. The van der Waals surface area contributed by atoms with Gasteiger partial charge < -0.3 is 5.73 Å². The highest BCUT2D eigenvalue weighted by atomic mass is 35.5. The van der Waals surface area contributed by atoms with E-state index in [1.807, 2.05) is 42.2 Å². The molecule has 2 aromatic rings. The summed E-state index contributed by atoms with van der Waals surface area (Å²) in [5.74, 6) is 2.37. The second kappa shape index (κ2) is 5.49. The van der Waals surface area contributed by atoms with Crippen LogP contribution >= 0.6 is 34.7 Å². The van der Waals surface area contributed by atoms with Crippen LogP contribution in [0.1, 0.15) is 32.5 Å². The van der Waals surface area contributed by atoms with Gasteiger partial charge in [0.1, 0.15) is 0 Å². The summed E-state index contributed by atoms with van der Waals surface area (Å²) in [6, 6.07) is 8.35. The number of hydrogen-bond acceptors (Lipinski definition) is 3. The highest BCUT2D eigenvalue weighted by Crippen LogP contribution is 2.36. The van der Waals surface area contributed by atoms with Crippen molar-refractivity contribution < 1.29 is 0 Å². The zero-order valence-corrected chi connectivity index (χ0v) is 13.2. The summed E-state index contributed by atoms with van der Waals surface area (Å²) in [4.78, 5) is 2.77. The molecule has 0 fully saturated rings. The molecule has 1 unspecified atom stereocenters. The monoisotopic (exact) mass is 309 g/mol. The van der Waals surface area contributed by atoms with Crippen molar-refractivity contribution in [3.63, 3.8) is 0 Å². The molecule has 0 saturated carbocycles. The lowest BCUT2D eigenvalue weighted by Gasteiger charge is -2.11. The van der Waals surface area contributed by atoms with Crippen molar-refractivity contribution in [1.82, 2.24) is 0 Å². The summed E-state index contributed by atoms with van der Waals surface area (Å²) in [6.45, 7) is 2.01. The van der Waals surface area contributed by atoms with E-state index in [-0.39, 0.29) is 6.04 Å². The fourth-order valence-electron chi connectivity index (χ4n) is 2.29. The highest BCUT2D eigenvalue weighted by Gasteiger charge is 2.18. The molecule has 4 heteroatoms. The molecule has 0 aliphatic carbocycles. The van der Waals surface area contributed by atoms with E-state index in [0.717, 1.165) is 21.9 Å². The molecule has 2 heterocycles. The molecule has 1 aromatic carbocycles. The molecule has 0 spiro atoms. The zero-order chi connectivity index (χ0) is 13.4. The van der Waals surface area contributed by atoms with Gasteiger partial charge in [0.2, 0.25) is 0 Å². The van der Waals surface area contributed by atoms with Crippen molar-refractivity contribution in [2.75, 3.05) is 5.75 Å². The first-order valence-corrected chi connectivity index (χ1v) is 8.71. The lowest BCUT2D eigenvalue weighted by atomic mass is 10.0. The van der Waals surface area contributed by atoms with Gasteiger partial charge in [0.05, 0.1) is 6.04 Å². The van der Waals surface area contributed by atoms with E-state index in [9.17, 15) is 0 Å². The van der Waals surface area contributed by atoms with Crippen LogP contribution in [0.15, 0.2) is 24.3 Å². The lowest BCUT2D eigenvalue weighted by molar-refractivity contribution is 0.891. The topological polar surface area (TPSA) is 26.0 Å². The molecular formula is C15H16ClNS2. The molecule has 3 rings (SSSR count). The first-order valence-electron chi connectivity index (χ1n) is 6.36. The number of hydrogen-bond donors (Lipinski definition) is 1. The summed E-state index contributed by atoms with van der Waals surface area (Å²) >= 11 is 10.1. The summed E-state index contributed by atoms with van der Waals surface area (Å²) in [7, 11) is 0. The second-order valence-electron chi connectivity index (χ2n) is 4.89. The van der Waals surface area contributed by atoms with E-state index in [4.69, 9.17) is 17.3 Å². The predicted molar refractivity (Wildman–Crippen MR) is 86.4 cm³/mol. The predicted octanol–water partition coefficient (Wildman–Crippen LogP) is 4.55. The number of halogens is 1. The molecule has 0 radical (unpaired) electrons. The molecule has 2 N–H and O–H groups in total. The van der Waals surface area contributed by atoms with Crippen LogP contribution < -0.4 is 5.73 Å². The van der Waals surface area contributed by atoms with Gasteiger partial charge in [-0.3, -0.25) is 0 Å². The van der Waals surface area contributed by atoms with Crippen molar-refractivity contribution in [3.8, 4) is 0 Å². The second-order valence-corrected chi connectivity index (χ2v) is 7.57. The smallest absolute Gasteiger partial charge is 0.0646 e. The zero-order valence-electron chi connectivity index (χ0n) is 10.8. The third kappa shape index (κ3) is 2.70. The molecule has 1 nitrogen and oxygen atoms in total. The summed E-state index contributed by atoms with van der Waals surface area (Å²) < 4.78 is 0. The summed E-state index contributed by atoms with van der Waals surface area (Å²) in [5.41, 5.74) is 10.1. The third-order valence-corrected chi connectivity index (χ3v) is 6.24. The first kappa shape index (κ1) is 13.5. The van der Waals surface area contributed by atoms with Crippen molar-refractivity contribution in [3.05, 3.63) is 55.7 Å². The Balaban J connectivity index is 1.92. The van der Waals surface area contributed by atoms with Crippen LogP contribution in [0.2, 0.25) is 5.02 Å². The fraction of sp³-hybridized carbons (Fsp3) is 0.333. The van der Waals surface area contributed by atoms with Crippen LogP contribution in [0, 0.1) is 6.92 Å². The Hall–Kier alpha value is -0.480. The standard InChI is InChI=1S/C15H16ClNS2/c1-9-2-3-10(6-12(9)16)15(17)14-7-11-8-18-5-4-13(11)19-14/h2-3,6-7,15H,4-5,8,17H2,1H3. The summed E-state index contributed by atoms with van der Waals surface area (Å²) in [5, 5.41) is 0.796. The minimum atomic E-state index is -0.0568. The van der Waals surface area contributed by atoms with Gasteiger partial charge >= 0.3 is 0 Å². The maximum absolute atomic E-state index is 6.39. The van der Waals surface area contributed by atoms with Crippen LogP contribution in [0.5, 0.6) is 0 Å². The maximum atomic E-state index is 6.39. The Morgan fingerprint density at radius 2 is 2.16 bits per heavy atom. The number of rotatable bonds is 2. The Labute approximate surface area is 127 Å². The molecule has 0 saturated heterocycles. The Morgan fingerprint density at radius 3 is 2.89 bits per heavy atom. The number of thiophene rings is 1. The molecule has 1 aromatic heterocycles. The van der Waals surface area contributed by atoms with Crippen molar-refractivity contribution in [1.29, 1.82) is 0 Å². The van der Waals surface area contributed by atoms with Crippen LogP contribution in [-0.2, 0) is 12.2 Å². The maximum Gasteiger partial charge on any atom is 0.0646 e. The number of aryl methyl sites for hydroxylation is 2. The SMILES string of the molecule is Cc1ccc(C(N)c2cc3c(s2)CCSC3)cc1Cl. The highest BCUT2D eigenvalue weighted by molar-refractivity contribution is 7.98. The molecule has 0 bridgehead atoms. The van der Waals surface area contributed by atoms with Gasteiger partial charge in [-0.25, -0.2) is 0 Å². The lowest BCUT2D eigenvalue weighted by Crippen LogP contribution is -2.10. The minimum absolute atomic E-state index is 0.0568. The van der Waals surface area contributed by atoms with Crippen LogP contribution in [0.4, 0.5) is 0 Å². The largest absolute Gasteiger partial charge is 0.320 e. The normalized spacial score (nSPS) is 16.2. The molecule has 1 atom stereocenters. The molecule has 1 aliphatic heterocycles. The Morgan fingerprint density at radius 1 is 1.32 bits per heavy atom. The molecule has 19 heavy (non-hydrogen) atoms. The number of benzene rings is 1. The van der Waals surface area contributed by atoms with E-state index in [0.29, 0.717) is 0 Å². The van der Waals surface area contributed by atoms with Crippen LogP contribution in [-0.4, -0.2) is 5.75 Å². The molecule has 100 valence electrons. The van der Waals surface area contributed by atoms with E-state index >= 15 is 0 Å². The van der Waals surface area contributed by atoms with Gasteiger partial charge in [0.25, 0.3) is 0 Å². The molecule has 1 aliphatic rings. The van der Waals surface area contributed by atoms with Crippen molar-refractivity contribution in [2.45, 2.75) is 25.1 Å². The van der Waals surface area contributed by atoms with E-state index in [1.54, 1.807) is 0 Å². The van der Waals surface area contributed by atoms with Crippen molar-refractivity contribution >= 4 is 34.7 Å². The van der Waals surface area contributed by atoms with E-state index < -0.39 is 0 Å². The van der Waals surface area contributed by atoms with Gasteiger partial charge in [-0.2, -0.15) is 11.8 Å². The fourth-order valence-corrected chi connectivity index (χ4v) is 4.89. The van der Waals surface area contributed by atoms with Gasteiger partial charge in [0, 0.05) is 20.5 Å². The van der Waals surface area contributed by atoms with Crippen LogP contribution in [0.3, 0.4) is 0 Å². The van der Waals surface area contributed by atoms with Crippen molar-refractivity contribution in [2.24, 2.45) is 5.73 Å². The van der Waals surface area contributed by atoms with Gasteiger partial charge in [-0.05, 0) is 47.9 Å². The van der Waals surface area contributed by atoms with E-state index in [1.165, 1.54) is 27.5 Å². The number of nitrogens with two attached hydrogens (primary N) is 1. The Kier molecular flexibility index (Phi) is 3.90. The number of thioether (sulfide) groups is 1. The number of fused-ring (bicyclic) bond motifs is 1. The van der Waals surface area contributed by atoms with E-state index in [2.05, 4.69) is 12.1 Å². The van der Waals surface area contributed by atoms with Gasteiger partial charge in [0.15, 0.2) is 0 Å². The van der Waals surface area contributed by atoms with Crippen LogP contribution in [0.25, 0.3) is 0 Å². The van der Waals surface area contributed by atoms with Gasteiger partial charge in [-0.15, -0.1) is 11.3 Å². The van der Waals surface area contributed by atoms with Gasteiger partial charge in [-0.1, -0.05) is 23.7 Å². The Bertz CT molecular complexity index is 583. The summed E-state index contributed by atoms with van der Waals surface area (Å²) in [6.07, 6.45) is 1.19. The quantitative estimate of drug-likeness (QED) is 0.881. The first-order chi connectivity index (χ1) is 9.15. The average Bonchev–Trinajstić information content (AvgIpc) is 2.85. The molecular weight excluding hydrogens is 294 g/mol. The third-order valence-electron chi connectivity index (χ3n) is 3.51. The molecule has 0 amide bonds.